The molecule has 1 N–H and O–H groups in total. The zero-order valence-corrected chi connectivity index (χ0v) is 12.1. The molecular formula is C13H26N4O. The molecule has 1 aromatic rings. The lowest BCUT2D eigenvalue weighted by Crippen LogP contribution is -2.25. The number of nitrogens with zero attached hydrogens (tertiary/aromatic N) is 3. The van der Waals surface area contributed by atoms with Gasteiger partial charge in [0.05, 0.1) is 5.69 Å². The zero-order valence-electron chi connectivity index (χ0n) is 12.1. The van der Waals surface area contributed by atoms with Gasteiger partial charge in [-0.1, -0.05) is 6.92 Å². The number of aromatic nitrogens is 2. The summed E-state index contributed by atoms with van der Waals surface area (Å²) in [4.78, 5) is 6.78. The Balaban J connectivity index is 2.43. The lowest BCUT2D eigenvalue weighted by atomic mass is 10.4. The van der Waals surface area contributed by atoms with E-state index in [4.69, 9.17) is 4.74 Å². The van der Waals surface area contributed by atoms with E-state index in [1.165, 1.54) is 0 Å². The van der Waals surface area contributed by atoms with Crippen molar-refractivity contribution in [1.29, 1.82) is 0 Å². The Morgan fingerprint density at radius 2 is 2.28 bits per heavy atom. The maximum absolute atomic E-state index is 5.08. The van der Waals surface area contributed by atoms with Gasteiger partial charge in [-0.05, 0) is 26.9 Å². The molecule has 0 aliphatic carbocycles. The van der Waals surface area contributed by atoms with E-state index in [0.717, 1.165) is 50.8 Å². The van der Waals surface area contributed by atoms with Gasteiger partial charge in [-0.15, -0.1) is 0 Å². The normalized spacial score (nSPS) is 11.2. The van der Waals surface area contributed by atoms with Crippen molar-refractivity contribution in [3.63, 3.8) is 0 Å². The Morgan fingerprint density at radius 3 is 2.94 bits per heavy atom. The SMILES string of the molecule is CCN(C)CCNc1nc(C)cn1CCCOC. The Kier molecular flexibility index (Phi) is 6.75. The molecule has 18 heavy (non-hydrogen) atoms. The molecule has 5 heteroatoms. The minimum absolute atomic E-state index is 0.787. The number of imidazole rings is 1. The van der Waals surface area contributed by atoms with E-state index in [-0.39, 0.29) is 0 Å². The molecule has 5 nitrogen and oxygen atoms in total. The Hall–Kier alpha value is -1.07. The van der Waals surface area contributed by atoms with E-state index in [9.17, 15) is 0 Å². The summed E-state index contributed by atoms with van der Waals surface area (Å²) in [5.74, 6) is 0.966. The fourth-order valence-electron chi connectivity index (χ4n) is 1.75. The van der Waals surface area contributed by atoms with Crippen molar-refractivity contribution in [1.82, 2.24) is 14.5 Å². The monoisotopic (exact) mass is 254 g/mol. The maximum atomic E-state index is 5.08. The van der Waals surface area contributed by atoms with E-state index in [1.54, 1.807) is 7.11 Å². The van der Waals surface area contributed by atoms with Crippen LogP contribution in [0.25, 0.3) is 0 Å². The minimum atomic E-state index is 0.787. The standard InChI is InChI=1S/C13H26N4O/c1-5-16(3)9-7-14-13-15-12(2)11-17(13)8-6-10-18-4/h11H,5-10H2,1-4H3,(H,14,15). The molecule has 0 fully saturated rings. The highest BCUT2D eigenvalue weighted by Crippen LogP contribution is 2.09. The van der Waals surface area contributed by atoms with Gasteiger partial charge in [0, 0.05) is 39.5 Å². The van der Waals surface area contributed by atoms with Crippen molar-refractivity contribution in [2.45, 2.75) is 26.8 Å². The lowest BCUT2D eigenvalue weighted by molar-refractivity contribution is 0.190. The molecule has 1 rings (SSSR count). The number of ether oxygens (including phenoxy) is 1. The van der Waals surface area contributed by atoms with Crippen LogP contribution in [0.15, 0.2) is 6.20 Å². The smallest absolute Gasteiger partial charge is 0.203 e. The van der Waals surface area contributed by atoms with Crippen LogP contribution in [0.4, 0.5) is 5.95 Å². The Morgan fingerprint density at radius 1 is 1.50 bits per heavy atom. The van der Waals surface area contributed by atoms with Crippen molar-refractivity contribution in [3.8, 4) is 0 Å². The Labute approximate surface area is 110 Å². The number of rotatable bonds is 9. The van der Waals surface area contributed by atoms with Crippen LogP contribution >= 0.6 is 0 Å². The molecule has 0 aliphatic heterocycles. The van der Waals surface area contributed by atoms with Gasteiger partial charge >= 0.3 is 0 Å². The second kappa shape index (κ2) is 8.11. The van der Waals surface area contributed by atoms with Gasteiger partial charge in [-0.25, -0.2) is 4.98 Å². The summed E-state index contributed by atoms with van der Waals surface area (Å²) >= 11 is 0. The first-order chi connectivity index (χ1) is 8.67. The first-order valence-corrected chi connectivity index (χ1v) is 6.62. The van der Waals surface area contributed by atoms with Gasteiger partial charge in [0.1, 0.15) is 0 Å². The van der Waals surface area contributed by atoms with Crippen LogP contribution < -0.4 is 5.32 Å². The van der Waals surface area contributed by atoms with E-state index >= 15 is 0 Å². The molecule has 0 aliphatic rings. The van der Waals surface area contributed by atoms with Gasteiger partial charge in [0.25, 0.3) is 0 Å². The molecule has 104 valence electrons. The van der Waals surface area contributed by atoms with Gasteiger partial charge < -0.3 is 19.5 Å². The molecular weight excluding hydrogens is 228 g/mol. The molecule has 0 spiro atoms. The number of anilines is 1. The molecule has 0 amide bonds. The Bertz CT molecular complexity index is 338. The van der Waals surface area contributed by atoms with Gasteiger partial charge in [0.2, 0.25) is 5.95 Å². The highest BCUT2D eigenvalue weighted by Gasteiger charge is 2.05. The molecule has 0 aromatic carbocycles. The summed E-state index contributed by atoms with van der Waals surface area (Å²) in [6.45, 7) is 8.94. The fourth-order valence-corrected chi connectivity index (χ4v) is 1.75. The van der Waals surface area contributed by atoms with Crippen molar-refractivity contribution >= 4 is 5.95 Å². The van der Waals surface area contributed by atoms with E-state index in [1.807, 2.05) is 6.92 Å². The predicted molar refractivity (Wildman–Crippen MR) is 75.1 cm³/mol. The molecule has 0 atom stereocenters. The van der Waals surface area contributed by atoms with Crippen molar-refractivity contribution < 1.29 is 4.74 Å². The molecule has 0 saturated heterocycles. The van der Waals surface area contributed by atoms with Crippen LogP contribution in [0.1, 0.15) is 19.0 Å². The summed E-state index contributed by atoms with van der Waals surface area (Å²) in [6, 6.07) is 0. The van der Waals surface area contributed by atoms with Crippen LogP contribution in [0.3, 0.4) is 0 Å². The number of hydrogen-bond acceptors (Lipinski definition) is 4. The van der Waals surface area contributed by atoms with Crippen LogP contribution in [0, 0.1) is 6.92 Å². The summed E-state index contributed by atoms with van der Waals surface area (Å²) in [7, 11) is 3.86. The summed E-state index contributed by atoms with van der Waals surface area (Å²) in [5, 5.41) is 3.40. The number of aryl methyl sites for hydroxylation is 2. The highest BCUT2D eigenvalue weighted by molar-refractivity contribution is 5.28. The third kappa shape index (κ3) is 5.06. The first kappa shape index (κ1) is 15.0. The average molecular weight is 254 g/mol. The fraction of sp³-hybridized carbons (Fsp3) is 0.769. The molecule has 0 saturated carbocycles. The quantitative estimate of drug-likeness (QED) is 0.680. The number of likely N-dealkylation sites (N-methyl/N-ethyl adjacent to an activating group) is 1. The largest absolute Gasteiger partial charge is 0.385 e. The number of methoxy groups -OCH3 is 1. The second-order valence-corrected chi connectivity index (χ2v) is 4.57. The van der Waals surface area contributed by atoms with E-state index in [2.05, 4.69) is 39.9 Å². The molecule has 1 heterocycles. The molecule has 1 aromatic heterocycles. The minimum Gasteiger partial charge on any atom is -0.385 e. The average Bonchev–Trinajstić information content (AvgIpc) is 2.70. The van der Waals surface area contributed by atoms with E-state index < -0.39 is 0 Å². The van der Waals surface area contributed by atoms with Crippen molar-refractivity contribution in [2.24, 2.45) is 0 Å². The van der Waals surface area contributed by atoms with Crippen LogP contribution in [-0.4, -0.2) is 54.8 Å². The molecule has 0 unspecified atom stereocenters. The van der Waals surface area contributed by atoms with Gasteiger partial charge in [0.15, 0.2) is 0 Å². The molecule has 0 bridgehead atoms. The maximum Gasteiger partial charge on any atom is 0.203 e. The second-order valence-electron chi connectivity index (χ2n) is 4.57. The first-order valence-electron chi connectivity index (χ1n) is 6.62. The summed E-state index contributed by atoms with van der Waals surface area (Å²) in [6.07, 6.45) is 3.09. The van der Waals surface area contributed by atoms with Crippen molar-refractivity contribution in [3.05, 3.63) is 11.9 Å². The van der Waals surface area contributed by atoms with Gasteiger partial charge in [-0.2, -0.15) is 0 Å². The van der Waals surface area contributed by atoms with Crippen LogP contribution in [-0.2, 0) is 11.3 Å². The van der Waals surface area contributed by atoms with E-state index in [0.29, 0.717) is 0 Å². The zero-order chi connectivity index (χ0) is 13.4. The predicted octanol–water partition coefficient (Wildman–Crippen LogP) is 1.59. The van der Waals surface area contributed by atoms with Crippen LogP contribution in [0.5, 0.6) is 0 Å². The lowest BCUT2D eigenvalue weighted by Gasteiger charge is -2.15. The van der Waals surface area contributed by atoms with Crippen LogP contribution in [0.2, 0.25) is 0 Å². The summed E-state index contributed by atoms with van der Waals surface area (Å²) < 4.78 is 7.24. The highest BCUT2D eigenvalue weighted by atomic mass is 16.5. The summed E-state index contributed by atoms with van der Waals surface area (Å²) in [5.41, 5.74) is 1.05. The number of hydrogen-bond donors (Lipinski definition) is 1. The van der Waals surface area contributed by atoms with Gasteiger partial charge in [-0.3, -0.25) is 0 Å². The van der Waals surface area contributed by atoms with Crippen molar-refractivity contribution in [2.75, 3.05) is 45.7 Å². The topological polar surface area (TPSA) is 42.3 Å². The number of nitrogens with one attached hydrogen (secondary N) is 1. The molecule has 0 radical (unpaired) electrons. The third-order valence-electron chi connectivity index (χ3n) is 2.96. The third-order valence-corrected chi connectivity index (χ3v) is 2.96.